The topological polar surface area (TPSA) is 43.1 Å². The number of halogens is 1. The second kappa shape index (κ2) is 7.43. The Hall–Kier alpha value is -1.86. The van der Waals surface area contributed by atoms with Gasteiger partial charge in [-0.3, -0.25) is 4.90 Å². The lowest BCUT2D eigenvalue weighted by molar-refractivity contribution is 0.207. The minimum Gasteiger partial charge on any atom is -0.444 e. The van der Waals surface area contributed by atoms with E-state index in [0.717, 1.165) is 30.4 Å². The number of thioether (sulfide) groups is 1. The van der Waals surface area contributed by atoms with E-state index < -0.39 is 0 Å². The average Bonchev–Trinajstić information content (AvgIpc) is 3.28. The van der Waals surface area contributed by atoms with Crippen molar-refractivity contribution >= 4 is 28.3 Å². The van der Waals surface area contributed by atoms with Crippen molar-refractivity contribution in [2.24, 2.45) is 0 Å². The van der Waals surface area contributed by atoms with Crippen molar-refractivity contribution < 1.29 is 9.52 Å². The Kier molecular flexibility index (Phi) is 4.90. The third kappa shape index (κ3) is 3.19. The van der Waals surface area contributed by atoms with Gasteiger partial charge in [0.1, 0.15) is 5.76 Å². The van der Waals surface area contributed by atoms with E-state index >= 15 is 0 Å². The molecule has 0 fully saturated rings. The summed E-state index contributed by atoms with van der Waals surface area (Å²) >= 11 is 7.80. The molecule has 1 aromatic carbocycles. The number of aliphatic hydroxyl groups is 1. The zero-order chi connectivity index (χ0) is 20.1. The molecule has 0 radical (unpaired) electrons. The molecule has 152 valence electrons. The lowest BCUT2D eigenvalue weighted by Crippen LogP contribution is -2.39. The van der Waals surface area contributed by atoms with E-state index in [-0.39, 0.29) is 17.9 Å². The first-order chi connectivity index (χ1) is 14.1. The van der Waals surface area contributed by atoms with Crippen LogP contribution in [0.2, 0.25) is 5.22 Å². The van der Waals surface area contributed by atoms with E-state index in [1.807, 2.05) is 6.07 Å². The van der Waals surface area contributed by atoms with Crippen molar-refractivity contribution in [3.05, 3.63) is 76.0 Å². The second-order valence-corrected chi connectivity index (χ2v) is 9.58. The molecular formula is C22H24ClN3O2S. The van der Waals surface area contributed by atoms with E-state index in [0.29, 0.717) is 5.22 Å². The first kappa shape index (κ1) is 19.1. The van der Waals surface area contributed by atoms with Crippen molar-refractivity contribution in [1.29, 1.82) is 0 Å². The Bertz CT molecular complexity index is 987. The van der Waals surface area contributed by atoms with Gasteiger partial charge < -0.3 is 19.3 Å². The number of nitrogens with zero attached hydrogens (tertiary/aromatic N) is 3. The number of fused-ring (bicyclic) bond motifs is 2. The summed E-state index contributed by atoms with van der Waals surface area (Å²) in [5.41, 5.74) is 5.16. The van der Waals surface area contributed by atoms with E-state index in [1.54, 1.807) is 17.8 Å². The maximum absolute atomic E-state index is 10.0. The van der Waals surface area contributed by atoms with Crippen LogP contribution in [0.15, 0.2) is 63.8 Å². The smallest absolute Gasteiger partial charge is 0.193 e. The van der Waals surface area contributed by atoms with Gasteiger partial charge in [-0.1, -0.05) is 30.3 Å². The summed E-state index contributed by atoms with van der Waals surface area (Å²) in [6.07, 6.45) is 0. The number of aliphatic hydroxyl groups excluding tert-OH is 1. The maximum atomic E-state index is 10.0. The molecule has 3 aliphatic heterocycles. The molecule has 3 aliphatic rings. The number of likely N-dealkylation sites (N-methyl/N-ethyl adjacent to an activating group) is 2. The summed E-state index contributed by atoms with van der Waals surface area (Å²) in [7, 11) is 4.31. The molecule has 5 nitrogen and oxygen atoms in total. The highest BCUT2D eigenvalue weighted by atomic mass is 35.5. The van der Waals surface area contributed by atoms with Gasteiger partial charge in [0, 0.05) is 20.1 Å². The van der Waals surface area contributed by atoms with E-state index in [2.05, 4.69) is 59.1 Å². The summed E-state index contributed by atoms with van der Waals surface area (Å²) in [4.78, 5) is 8.19. The predicted molar refractivity (Wildman–Crippen MR) is 117 cm³/mol. The first-order valence-electron chi connectivity index (χ1n) is 9.79. The highest BCUT2D eigenvalue weighted by Crippen LogP contribution is 2.54. The quantitative estimate of drug-likeness (QED) is 0.799. The standard InChI is InChI=1S/C22H24ClN3O2S/c1-24-11-16-19(14-6-4-3-5-7-14)26-10-15(12-27)29-22(17-8-9-18(23)28-17)21(26)20(16)25(2)13-24/h3-9,15,19,27H,10-13H2,1-2H3. The number of furan rings is 1. The molecule has 2 unspecified atom stereocenters. The molecular weight excluding hydrogens is 406 g/mol. The van der Waals surface area contributed by atoms with E-state index in [9.17, 15) is 5.11 Å². The van der Waals surface area contributed by atoms with Crippen molar-refractivity contribution in [3.8, 4) is 0 Å². The van der Waals surface area contributed by atoms with Crippen LogP contribution in [-0.4, -0.2) is 65.5 Å². The zero-order valence-corrected chi connectivity index (χ0v) is 18.1. The SMILES string of the molecule is CN1CC2=C(C3=C(c4ccc(Cl)o4)SC(CO)CN3C2c2ccccc2)N(C)C1. The van der Waals surface area contributed by atoms with Crippen LogP contribution < -0.4 is 0 Å². The summed E-state index contributed by atoms with van der Waals surface area (Å²) < 4.78 is 5.83. The number of hydrogen-bond donors (Lipinski definition) is 1. The van der Waals surface area contributed by atoms with Crippen LogP contribution >= 0.6 is 23.4 Å². The van der Waals surface area contributed by atoms with E-state index in [4.69, 9.17) is 16.0 Å². The van der Waals surface area contributed by atoms with Crippen LogP contribution in [0.4, 0.5) is 0 Å². The zero-order valence-electron chi connectivity index (χ0n) is 16.5. The van der Waals surface area contributed by atoms with Crippen molar-refractivity contribution in [2.75, 3.05) is 40.5 Å². The maximum Gasteiger partial charge on any atom is 0.193 e. The predicted octanol–water partition coefficient (Wildman–Crippen LogP) is 3.86. The molecule has 0 spiro atoms. The number of benzene rings is 1. The Balaban J connectivity index is 1.74. The summed E-state index contributed by atoms with van der Waals surface area (Å²) in [5, 5.41) is 10.5. The summed E-state index contributed by atoms with van der Waals surface area (Å²) in [5.74, 6) is 0.769. The normalized spacial score (nSPS) is 25.0. The fourth-order valence-corrected chi connectivity index (χ4v) is 6.07. The molecule has 1 N–H and O–H groups in total. The van der Waals surface area contributed by atoms with Gasteiger partial charge in [-0.2, -0.15) is 0 Å². The van der Waals surface area contributed by atoms with Gasteiger partial charge in [-0.05, 0) is 41.9 Å². The molecule has 0 saturated heterocycles. The van der Waals surface area contributed by atoms with Crippen LogP contribution in [0.3, 0.4) is 0 Å². The molecule has 0 amide bonds. The highest BCUT2D eigenvalue weighted by molar-refractivity contribution is 8.09. The first-order valence-corrected chi connectivity index (χ1v) is 11.0. The largest absolute Gasteiger partial charge is 0.444 e. The lowest BCUT2D eigenvalue weighted by atomic mass is 9.97. The fourth-order valence-electron chi connectivity index (χ4n) is 4.73. The molecule has 2 aromatic rings. The molecule has 5 rings (SSSR count). The van der Waals surface area contributed by atoms with Crippen LogP contribution in [0, 0.1) is 0 Å². The number of hydrogen-bond acceptors (Lipinski definition) is 6. The molecule has 29 heavy (non-hydrogen) atoms. The molecule has 4 heterocycles. The molecule has 7 heteroatoms. The average molecular weight is 430 g/mol. The van der Waals surface area contributed by atoms with Gasteiger partial charge in [-0.25, -0.2) is 0 Å². The third-order valence-electron chi connectivity index (χ3n) is 5.75. The molecule has 0 aliphatic carbocycles. The molecule has 0 saturated carbocycles. The van der Waals surface area contributed by atoms with Crippen molar-refractivity contribution in [3.63, 3.8) is 0 Å². The Morgan fingerprint density at radius 3 is 2.62 bits per heavy atom. The Labute approximate surface area is 180 Å². The minimum absolute atomic E-state index is 0.0771. The minimum atomic E-state index is 0.0771. The molecule has 0 bridgehead atoms. The summed E-state index contributed by atoms with van der Waals surface area (Å²) in [6, 6.07) is 14.5. The Morgan fingerprint density at radius 2 is 1.93 bits per heavy atom. The Morgan fingerprint density at radius 1 is 1.14 bits per heavy atom. The second-order valence-electron chi connectivity index (χ2n) is 7.90. The lowest BCUT2D eigenvalue weighted by Gasteiger charge is -2.38. The van der Waals surface area contributed by atoms with Gasteiger partial charge >= 0.3 is 0 Å². The third-order valence-corrected chi connectivity index (χ3v) is 7.21. The fraction of sp³-hybridized carbons (Fsp3) is 0.364. The highest BCUT2D eigenvalue weighted by Gasteiger charge is 2.46. The van der Waals surface area contributed by atoms with Crippen molar-refractivity contribution in [1.82, 2.24) is 14.7 Å². The van der Waals surface area contributed by atoms with Crippen LogP contribution in [0.5, 0.6) is 0 Å². The van der Waals surface area contributed by atoms with Crippen LogP contribution in [0.25, 0.3) is 4.91 Å². The van der Waals surface area contributed by atoms with Gasteiger partial charge in [0.05, 0.1) is 40.9 Å². The summed E-state index contributed by atoms with van der Waals surface area (Å²) in [6.45, 7) is 2.70. The van der Waals surface area contributed by atoms with Gasteiger partial charge in [0.25, 0.3) is 0 Å². The molecule has 2 atom stereocenters. The van der Waals surface area contributed by atoms with E-state index in [1.165, 1.54) is 22.5 Å². The van der Waals surface area contributed by atoms with Crippen LogP contribution in [-0.2, 0) is 0 Å². The van der Waals surface area contributed by atoms with Crippen molar-refractivity contribution in [2.45, 2.75) is 11.3 Å². The monoisotopic (exact) mass is 429 g/mol. The van der Waals surface area contributed by atoms with Crippen LogP contribution in [0.1, 0.15) is 17.4 Å². The van der Waals surface area contributed by atoms with Gasteiger partial charge in [0.2, 0.25) is 0 Å². The van der Waals surface area contributed by atoms with Gasteiger partial charge in [0.15, 0.2) is 5.22 Å². The number of rotatable bonds is 3. The van der Waals surface area contributed by atoms with Gasteiger partial charge in [-0.15, -0.1) is 11.8 Å². The molecule has 1 aromatic heterocycles.